The lowest BCUT2D eigenvalue weighted by Crippen LogP contribution is -2.40. The summed E-state index contributed by atoms with van der Waals surface area (Å²) in [7, 11) is 0. The summed E-state index contributed by atoms with van der Waals surface area (Å²) >= 11 is 0. The molecule has 18 heavy (non-hydrogen) atoms. The molecule has 2 nitrogen and oxygen atoms in total. The van der Waals surface area contributed by atoms with Crippen LogP contribution >= 0.6 is 0 Å². The van der Waals surface area contributed by atoms with Crippen molar-refractivity contribution in [2.24, 2.45) is 11.7 Å². The van der Waals surface area contributed by atoms with E-state index in [9.17, 15) is 0 Å². The molecule has 0 radical (unpaired) electrons. The van der Waals surface area contributed by atoms with Crippen molar-refractivity contribution in [1.29, 1.82) is 0 Å². The van der Waals surface area contributed by atoms with Crippen molar-refractivity contribution in [1.82, 2.24) is 4.90 Å². The third kappa shape index (κ3) is 2.93. The van der Waals surface area contributed by atoms with Gasteiger partial charge in [-0.1, -0.05) is 30.7 Å². The van der Waals surface area contributed by atoms with Gasteiger partial charge in [-0.3, -0.25) is 4.90 Å². The fourth-order valence-corrected chi connectivity index (χ4v) is 3.18. The van der Waals surface area contributed by atoms with E-state index >= 15 is 0 Å². The van der Waals surface area contributed by atoms with Gasteiger partial charge in [-0.15, -0.1) is 0 Å². The Labute approximate surface area is 111 Å². The van der Waals surface area contributed by atoms with Crippen LogP contribution in [0.15, 0.2) is 18.2 Å². The van der Waals surface area contributed by atoms with Crippen molar-refractivity contribution in [3.05, 3.63) is 34.9 Å². The number of likely N-dealkylation sites (tertiary alicyclic amines) is 1. The number of benzene rings is 1. The SMILES string of the molecule is Cc1ccc(C(CN)N2CCCC(C)C2)c(C)c1. The van der Waals surface area contributed by atoms with Crippen LogP contribution in [0.3, 0.4) is 0 Å². The van der Waals surface area contributed by atoms with E-state index in [1.165, 1.54) is 42.6 Å². The lowest BCUT2D eigenvalue weighted by atomic mass is 9.93. The van der Waals surface area contributed by atoms with E-state index in [0.29, 0.717) is 6.04 Å². The van der Waals surface area contributed by atoms with Crippen LogP contribution in [0.1, 0.15) is 42.5 Å². The van der Waals surface area contributed by atoms with Crippen LogP contribution in [0.25, 0.3) is 0 Å². The fourth-order valence-electron chi connectivity index (χ4n) is 3.18. The van der Waals surface area contributed by atoms with Crippen LogP contribution in [-0.2, 0) is 0 Å². The van der Waals surface area contributed by atoms with E-state index in [-0.39, 0.29) is 0 Å². The summed E-state index contributed by atoms with van der Waals surface area (Å²) in [4.78, 5) is 2.58. The summed E-state index contributed by atoms with van der Waals surface area (Å²) in [5.74, 6) is 0.804. The molecule has 1 aliphatic heterocycles. The Morgan fingerprint density at radius 1 is 1.39 bits per heavy atom. The summed E-state index contributed by atoms with van der Waals surface area (Å²) < 4.78 is 0. The molecule has 0 spiro atoms. The number of nitrogens with zero attached hydrogens (tertiary/aromatic N) is 1. The average molecular weight is 246 g/mol. The minimum atomic E-state index is 0.397. The lowest BCUT2D eigenvalue weighted by molar-refractivity contribution is 0.133. The highest BCUT2D eigenvalue weighted by atomic mass is 15.2. The predicted molar refractivity (Wildman–Crippen MR) is 77.7 cm³/mol. The lowest BCUT2D eigenvalue weighted by Gasteiger charge is -2.37. The summed E-state index contributed by atoms with van der Waals surface area (Å²) in [6.45, 7) is 9.81. The van der Waals surface area contributed by atoms with Gasteiger partial charge < -0.3 is 5.73 Å². The van der Waals surface area contributed by atoms with Gasteiger partial charge in [-0.2, -0.15) is 0 Å². The number of hydrogen-bond donors (Lipinski definition) is 1. The van der Waals surface area contributed by atoms with Crippen LogP contribution in [0.2, 0.25) is 0 Å². The maximum atomic E-state index is 6.05. The summed E-state index contributed by atoms with van der Waals surface area (Å²) in [6.07, 6.45) is 2.67. The minimum Gasteiger partial charge on any atom is -0.329 e. The molecule has 100 valence electrons. The monoisotopic (exact) mass is 246 g/mol. The molecule has 1 aliphatic rings. The van der Waals surface area contributed by atoms with Gasteiger partial charge in [0.2, 0.25) is 0 Å². The zero-order valence-electron chi connectivity index (χ0n) is 11.9. The number of nitrogens with two attached hydrogens (primary N) is 1. The first-order valence-electron chi connectivity index (χ1n) is 7.13. The van der Waals surface area contributed by atoms with Crippen molar-refractivity contribution in [2.45, 2.75) is 39.7 Å². The van der Waals surface area contributed by atoms with Crippen LogP contribution in [0, 0.1) is 19.8 Å². The maximum Gasteiger partial charge on any atom is 0.0473 e. The number of piperidine rings is 1. The highest BCUT2D eigenvalue weighted by Crippen LogP contribution is 2.28. The van der Waals surface area contributed by atoms with E-state index in [4.69, 9.17) is 5.73 Å². The first-order chi connectivity index (χ1) is 8.61. The molecule has 2 heteroatoms. The smallest absolute Gasteiger partial charge is 0.0473 e. The summed E-state index contributed by atoms with van der Waals surface area (Å²) in [5.41, 5.74) is 10.2. The molecule has 2 rings (SSSR count). The second-order valence-electron chi connectivity index (χ2n) is 5.85. The Hall–Kier alpha value is -0.860. The van der Waals surface area contributed by atoms with E-state index in [1.54, 1.807) is 0 Å². The first kappa shape index (κ1) is 13.6. The van der Waals surface area contributed by atoms with Crippen molar-refractivity contribution in [2.75, 3.05) is 19.6 Å². The van der Waals surface area contributed by atoms with E-state index in [0.717, 1.165) is 12.5 Å². The molecule has 1 fully saturated rings. The number of aryl methyl sites for hydroxylation is 2. The summed E-state index contributed by atoms with van der Waals surface area (Å²) in [5, 5.41) is 0. The van der Waals surface area contributed by atoms with Gasteiger partial charge in [-0.05, 0) is 50.3 Å². The van der Waals surface area contributed by atoms with Gasteiger partial charge in [0.05, 0.1) is 0 Å². The Balaban J connectivity index is 2.21. The molecule has 1 aromatic carbocycles. The first-order valence-corrected chi connectivity index (χ1v) is 7.13. The topological polar surface area (TPSA) is 29.3 Å². The third-order valence-electron chi connectivity index (χ3n) is 4.14. The largest absolute Gasteiger partial charge is 0.329 e. The van der Waals surface area contributed by atoms with Crippen molar-refractivity contribution >= 4 is 0 Å². The standard InChI is InChI=1S/C16H26N2/c1-12-6-7-15(14(3)9-12)16(10-17)18-8-4-5-13(2)11-18/h6-7,9,13,16H,4-5,8,10-11,17H2,1-3H3. The van der Waals surface area contributed by atoms with Crippen LogP contribution in [0.5, 0.6) is 0 Å². The molecule has 0 bridgehead atoms. The summed E-state index contributed by atoms with van der Waals surface area (Å²) in [6, 6.07) is 7.14. The van der Waals surface area contributed by atoms with Crippen LogP contribution in [0.4, 0.5) is 0 Å². The normalized spacial score (nSPS) is 23.0. The Bertz CT molecular complexity index is 400. The van der Waals surface area contributed by atoms with Crippen molar-refractivity contribution < 1.29 is 0 Å². The minimum absolute atomic E-state index is 0.397. The average Bonchev–Trinajstić information content (AvgIpc) is 2.33. The predicted octanol–water partition coefficient (Wildman–Crippen LogP) is 3.04. The quantitative estimate of drug-likeness (QED) is 0.888. The van der Waals surface area contributed by atoms with Crippen LogP contribution in [-0.4, -0.2) is 24.5 Å². The molecule has 0 aliphatic carbocycles. The van der Waals surface area contributed by atoms with Gasteiger partial charge in [0.1, 0.15) is 0 Å². The molecule has 1 aromatic rings. The zero-order chi connectivity index (χ0) is 13.1. The van der Waals surface area contributed by atoms with Crippen molar-refractivity contribution in [3.8, 4) is 0 Å². The molecular formula is C16H26N2. The fraction of sp³-hybridized carbons (Fsp3) is 0.625. The second kappa shape index (κ2) is 5.85. The van der Waals surface area contributed by atoms with Gasteiger partial charge in [0, 0.05) is 19.1 Å². The molecule has 2 atom stereocenters. The highest BCUT2D eigenvalue weighted by Gasteiger charge is 2.24. The van der Waals surface area contributed by atoms with E-state index in [1.807, 2.05) is 0 Å². The van der Waals surface area contributed by atoms with E-state index < -0.39 is 0 Å². The van der Waals surface area contributed by atoms with Gasteiger partial charge in [0.15, 0.2) is 0 Å². The Morgan fingerprint density at radius 3 is 2.78 bits per heavy atom. The second-order valence-corrected chi connectivity index (χ2v) is 5.85. The number of hydrogen-bond acceptors (Lipinski definition) is 2. The van der Waals surface area contributed by atoms with Gasteiger partial charge >= 0.3 is 0 Å². The van der Waals surface area contributed by atoms with Gasteiger partial charge in [-0.25, -0.2) is 0 Å². The molecule has 1 saturated heterocycles. The van der Waals surface area contributed by atoms with Crippen LogP contribution < -0.4 is 5.73 Å². The van der Waals surface area contributed by atoms with Crippen molar-refractivity contribution in [3.63, 3.8) is 0 Å². The molecule has 0 saturated carbocycles. The number of rotatable bonds is 3. The third-order valence-corrected chi connectivity index (χ3v) is 4.14. The molecule has 0 amide bonds. The zero-order valence-corrected chi connectivity index (χ0v) is 11.9. The molecular weight excluding hydrogens is 220 g/mol. The molecule has 2 unspecified atom stereocenters. The van der Waals surface area contributed by atoms with Gasteiger partial charge in [0.25, 0.3) is 0 Å². The molecule has 0 aromatic heterocycles. The van der Waals surface area contributed by atoms with E-state index in [2.05, 4.69) is 43.9 Å². The molecule has 2 N–H and O–H groups in total. The maximum absolute atomic E-state index is 6.05. The molecule has 1 heterocycles. The Kier molecular flexibility index (Phi) is 4.41. The highest BCUT2D eigenvalue weighted by molar-refractivity contribution is 5.33. The Morgan fingerprint density at radius 2 is 2.17 bits per heavy atom.